The third-order valence-electron chi connectivity index (χ3n) is 4.45. The molecule has 0 bridgehead atoms. The summed E-state index contributed by atoms with van der Waals surface area (Å²) < 4.78 is 7.74. The Morgan fingerprint density at radius 3 is 2.66 bits per heavy atom. The number of para-hydroxylation sites is 2. The summed E-state index contributed by atoms with van der Waals surface area (Å²) in [5.74, 6) is 0.468. The first-order valence-electron chi connectivity index (χ1n) is 9.15. The fraction of sp³-hybridized carbons (Fsp3) is 0.130. The van der Waals surface area contributed by atoms with Crippen LogP contribution in [0.4, 0.5) is 5.69 Å². The Morgan fingerprint density at radius 1 is 1.10 bits per heavy atom. The zero-order chi connectivity index (χ0) is 20.4. The number of anilines is 1. The molecule has 1 N–H and O–H groups in total. The second-order valence-electron chi connectivity index (χ2n) is 6.76. The SMILES string of the molecule is Cc1cc(C)c(OCC(=O)Nc2ccccc2-c2nc3ccccc3s2)c(Br)c1. The highest BCUT2D eigenvalue weighted by molar-refractivity contribution is 9.10. The molecule has 146 valence electrons. The zero-order valence-electron chi connectivity index (χ0n) is 16.0. The van der Waals surface area contributed by atoms with Crippen molar-refractivity contribution in [2.45, 2.75) is 13.8 Å². The summed E-state index contributed by atoms with van der Waals surface area (Å²) in [4.78, 5) is 17.3. The van der Waals surface area contributed by atoms with E-state index in [0.717, 1.165) is 42.1 Å². The molecule has 4 nitrogen and oxygen atoms in total. The van der Waals surface area contributed by atoms with Gasteiger partial charge in [0.05, 0.1) is 20.4 Å². The van der Waals surface area contributed by atoms with Gasteiger partial charge in [-0.15, -0.1) is 11.3 Å². The van der Waals surface area contributed by atoms with Crippen LogP contribution in [0.25, 0.3) is 20.8 Å². The van der Waals surface area contributed by atoms with E-state index in [-0.39, 0.29) is 12.5 Å². The van der Waals surface area contributed by atoms with Gasteiger partial charge in [0.15, 0.2) is 6.61 Å². The summed E-state index contributed by atoms with van der Waals surface area (Å²) in [7, 11) is 0. The standard InChI is InChI=1S/C23H19BrN2O2S/c1-14-11-15(2)22(17(24)12-14)28-13-21(27)25-18-8-4-3-7-16(18)23-26-19-9-5-6-10-20(19)29-23/h3-12H,13H2,1-2H3,(H,25,27). The van der Waals surface area contributed by atoms with Crippen LogP contribution in [0.1, 0.15) is 11.1 Å². The number of amides is 1. The van der Waals surface area contributed by atoms with E-state index in [4.69, 9.17) is 9.72 Å². The molecule has 0 aliphatic heterocycles. The van der Waals surface area contributed by atoms with Crippen molar-refractivity contribution in [2.24, 2.45) is 0 Å². The van der Waals surface area contributed by atoms with Crippen molar-refractivity contribution in [1.29, 1.82) is 0 Å². The van der Waals surface area contributed by atoms with E-state index in [0.29, 0.717) is 5.75 Å². The van der Waals surface area contributed by atoms with Gasteiger partial charge in [-0.25, -0.2) is 4.98 Å². The van der Waals surface area contributed by atoms with Crippen LogP contribution in [0.15, 0.2) is 65.1 Å². The monoisotopic (exact) mass is 466 g/mol. The van der Waals surface area contributed by atoms with Crippen LogP contribution in [0.5, 0.6) is 5.75 Å². The van der Waals surface area contributed by atoms with E-state index in [9.17, 15) is 4.79 Å². The maximum absolute atomic E-state index is 12.6. The lowest BCUT2D eigenvalue weighted by molar-refractivity contribution is -0.118. The number of ether oxygens (including phenoxy) is 1. The highest BCUT2D eigenvalue weighted by atomic mass is 79.9. The van der Waals surface area contributed by atoms with Gasteiger partial charge in [0, 0.05) is 5.56 Å². The predicted molar refractivity (Wildman–Crippen MR) is 123 cm³/mol. The molecular weight excluding hydrogens is 448 g/mol. The van der Waals surface area contributed by atoms with Crippen LogP contribution in [0, 0.1) is 13.8 Å². The Kier molecular flexibility index (Phi) is 5.65. The molecule has 6 heteroatoms. The Balaban J connectivity index is 1.52. The number of carbonyl (C=O) groups is 1. The molecule has 1 heterocycles. The van der Waals surface area contributed by atoms with Gasteiger partial charge < -0.3 is 10.1 Å². The number of aromatic nitrogens is 1. The highest BCUT2D eigenvalue weighted by Crippen LogP contribution is 2.34. The Morgan fingerprint density at radius 2 is 1.86 bits per heavy atom. The molecule has 0 saturated heterocycles. The van der Waals surface area contributed by atoms with Crippen molar-refractivity contribution in [1.82, 2.24) is 4.98 Å². The van der Waals surface area contributed by atoms with Gasteiger partial charge in [-0.2, -0.15) is 0 Å². The number of hydrogen-bond acceptors (Lipinski definition) is 4. The molecule has 0 spiro atoms. The molecule has 0 aliphatic rings. The summed E-state index contributed by atoms with van der Waals surface area (Å²) >= 11 is 5.12. The first kappa shape index (κ1) is 19.6. The molecule has 4 rings (SSSR count). The van der Waals surface area contributed by atoms with Crippen LogP contribution >= 0.6 is 27.3 Å². The largest absolute Gasteiger partial charge is 0.482 e. The lowest BCUT2D eigenvalue weighted by atomic mass is 10.1. The van der Waals surface area contributed by atoms with Gasteiger partial charge in [-0.1, -0.05) is 30.3 Å². The molecule has 0 aliphatic carbocycles. The lowest BCUT2D eigenvalue weighted by Gasteiger charge is -2.13. The maximum atomic E-state index is 12.6. The smallest absolute Gasteiger partial charge is 0.262 e. The van der Waals surface area contributed by atoms with E-state index in [1.54, 1.807) is 11.3 Å². The summed E-state index contributed by atoms with van der Waals surface area (Å²) in [6.45, 7) is 3.91. The quantitative estimate of drug-likeness (QED) is 0.372. The molecule has 0 fully saturated rings. The maximum Gasteiger partial charge on any atom is 0.262 e. The minimum Gasteiger partial charge on any atom is -0.482 e. The first-order valence-corrected chi connectivity index (χ1v) is 10.8. The molecular formula is C23H19BrN2O2S. The van der Waals surface area contributed by atoms with Gasteiger partial charge >= 0.3 is 0 Å². The summed E-state index contributed by atoms with van der Waals surface area (Å²) in [5, 5.41) is 3.84. The van der Waals surface area contributed by atoms with Gasteiger partial charge in [-0.3, -0.25) is 4.79 Å². The van der Waals surface area contributed by atoms with E-state index in [1.165, 1.54) is 0 Å². The number of benzene rings is 3. The average Bonchev–Trinajstić information content (AvgIpc) is 3.11. The number of aryl methyl sites for hydroxylation is 2. The zero-order valence-corrected chi connectivity index (χ0v) is 18.4. The summed E-state index contributed by atoms with van der Waals surface area (Å²) in [6.07, 6.45) is 0. The minimum absolute atomic E-state index is 0.0727. The second-order valence-corrected chi connectivity index (χ2v) is 8.65. The summed E-state index contributed by atoms with van der Waals surface area (Å²) in [5.41, 5.74) is 4.70. The normalized spacial score (nSPS) is 10.9. The van der Waals surface area contributed by atoms with Crippen molar-refractivity contribution in [3.05, 3.63) is 76.3 Å². The second kappa shape index (κ2) is 8.35. The summed E-state index contributed by atoms with van der Waals surface area (Å²) in [6, 6.07) is 19.7. The highest BCUT2D eigenvalue weighted by Gasteiger charge is 2.14. The molecule has 1 aromatic heterocycles. The van der Waals surface area contributed by atoms with Crippen molar-refractivity contribution < 1.29 is 9.53 Å². The number of carbonyl (C=O) groups excluding carboxylic acids is 1. The lowest BCUT2D eigenvalue weighted by Crippen LogP contribution is -2.21. The van der Waals surface area contributed by atoms with Crippen molar-refractivity contribution >= 4 is 49.1 Å². The molecule has 0 unspecified atom stereocenters. The van der Waals surface area contributed by atoms with Crippen LogP contribution in [-0.2, 0) is 4.79 Å². The van der Waals surface area contributed by atoms with Crippen LogP contribution in [0.2, 0.25) is 0 Å². The van der Waals surface area contributed by atoms with Gasteiger partial charge in [-0.05, 0) is 71.2 Å². The van der Waals surface area contributed by atoms with Gasteiger partial charge in [0.25, 0.3) is 5.91 Å². The number of fused-ring (bicyclic) bond motifs is 1. The Labute approximate surface area is 181 Å². The fourth-order valence-corrected chi connectivity index (χ4v) is 4.97. The van der Waals surface area contributed by atoms with E-state index < -0.39 is 0 Å². The molecule has 0 radical (unpaired) electrons. The minimum atomic E-state index is -0.217. The molecule has 3 aromatic carbocycles. The van der Waals surface area contributed by atoms with Crippen LogP contribution in [0.3, 0.4) is 0 Å². The van der Waals surface area contributed by atoms with Crippen LogP contribution < -0.4 is 10.1 Å². The van der Waals surface area contributed by atoms with E-state index in [1.807, 2.05) is 74.5 Å². The molecule has 1 amide bonds. The van der Waals surface area contributed by atoms with Crippen LogP contribution in [-0.4, -0.2) is 17.5 Å². The van der Waals surface area contributed by atoms with Crippen molar-refractivity contribution in [3.63, 3.8) is 0 Å². The average molecular weight is 467 g/mol. The third kappa shape index (κ3) is 4.33. The number of nitrogens with zero attached hydrogens (tertiary/aromatic N) is 1. The number of nitrogens with one attached hydrogen (secondary N) is 1. The number of hydrogen-bond donors (Lipinski definition) is 1. The fourth-order valence-electron chi connectivity index (χ4n) is 3.18. The van der Waals surface area contributed by atoms with Gasteiger partial charge in [0.1, 0.15) is 10.8 Å². The van der Waals surface area contributed by atoms with E-state index >= 15 is 0 Å². The van der Waals surface area contributed by atoms with Gasteiger partial charge in [0.2, 0.25) is 0 Å². The molecule has 0 saturated carbocycles. The molecule has 29 heavy (non-hydrogen) atoms. The predicted octanol–water partition coefficient (Wildman–Crippen LogP) is 6.36. The number of rotatable bonds is 5. The van der Waals surface area contributed by atoms with Crippen molar-refractivity contribution in [3.8, 4) is 16.3 Å². The first-order chi connectivity index (χ1) is 14.0. The number of halogens is 1. The van der Waals surface area contributed by atoms with E-state index in [2.05, 4.69) is 21.2 Å². The molecule has 0 atom stereocenters. The topological polar surface area (TPSA) is 51.2 Å². The molecule has 4 aromatic rings. The van der Waals surface area contributed by atoms with Crippen molar-refractivity contribution in [2.75, 3.05) is 11.9 Å². The number of thiazole rings is 1. The third-order valence-corrected chi connectivity index (χ3v) is 6.11. The Hall–Kier alpha value is -2.70. The Bertz CT molecular complexity index is 1150.